The Kier molecular flexibility index (Phi) is 6.15. The standard InChI is InChI=1S/C23H30N2O3S/c1-18-6-12-21(13-7-18)29(27,28)24(4)16-19-8-10-20(11-9-19)22(26)25-15-5-14-23(2,3)17-25/h6-13H,5,14-17H2,1-4H3. The molecule has 0 aliphatic carbocycles. The average Bonchev–Trinajstić information content (AvgIpc) is 2.67. The molecule has 2 aromatic carbocycles. The summed E-state index contributed by atoms with van der Waals surface area (Å²) in [5.74, 6) is 0.0463. The number of carbonyl (C=O) groups is 1. The predicted molar refractivity (Wildman–Crippen MR) is 115 cm³/mol. The van der Waals surface area contributed by atoms with Gasteiger partial charge in [0.2, 0.25) is 10.0 Å². The SMILES string of the molecule is Cc1ccc(S(=O)(=O)N(C)Cc2ccc(C(=O)N3CCCC(C)(C)C3)cc2)cc1. The molecule has 2 aromatic rings. The van der Waals surface area contributed by atoms with Crippen molar-refractivity contribution in [2.75, 3.05) is 20.1 Å². The molecule has 0 radical (unpaired) electrons. The molecule has 3 rings (SSSR count). The normalized spacial score (nSPS) is 16.8. The van der Waals surface area contributed by atoms with Gasteiger partial charge in [-0.2, -0.15) is 4.31 Å². The fourth-order valence-electron chi connectivity index (χ4n) is 3.76. The Morgan fingerprint density at radius 2 is 1.69 bits per heavy atom. The number of amides is 1. The summed E-state index contributed by atoms with van der Waals surface area (Å²) in [6, 6.07) is 14.1. The van der Waals surface area contributed by atoms with E-state index in [1.165, 1.54) is 4.31 Å². The van der Waals surface area contributed by atoms with Crippen LogP contribution in [0.25, 0.3) is 0 Å². The summed E-state index contributed by atoms with van der Waals surface area (Å²) < 4.78 is 26.8. The van der Waals surface area contributed by atoms with Crippen molar-refractivity contribution in [1.82, 2.24) is 9.21 Å². The molecule has 156 valence electrons. The average molecular weight is 415 g/mol. The van der Waals surface area contributed by atoms with Gasteiger partial charge >= 0.3 is 0 Å². The summed E-state index contributed by atoms with van der Waals surface area (Å²) >= 11 is 0. The van der Waals surface area contributed by atoms with E-state index in [4.69, 9.17) is 0 Å². The maximum Gasteiger partial charge on any atom is 0.253 e. The smallest absolute Gasteiger partial charge is 0.253 e. The second-order valence-electron chi connectivity index (χ2n) is 8.77. The van der Waals surface area contributed by atoms with Gasteiger partial charge in [-0.15, -0.1) is 0 Å². The third kappa shape index (κ3) is 5.06. The summed E-state index contributed by atoms with van der Waals surface area (Å²) in [7, 11) is -1.98. The molecule has 1 fully saturated rings. The third-order valence-electron chi connectivity index (χ3n) is 5.52. The van der Waals surface area contributed by atoms with Gasteiger partial charge in [0.25, 0.3) is 5.91 Å². The van der Waals surface area contributed by atoms with Crippen LogP contribution in [0.2, 0.25) is 0 Å². The van der Waals surface area contributed by atoms with Crippen molar-refractivity contribution in [3.8, 4) is 0 Å². The van der Waals surface area contributed by atoms with E-state index in [2.05, 4.69) is 13.8 Å². The number of piperidine rings is 1. The van der Waals surface area contributed by atoms with Crippen LogP contribution in [0.15, 0.2) is 53.4 Å². The minimum absolute atomic E-state index is 0.0463. The molecular weight excluding hydrogens is 384 g/mol. The first-order valence-corrected chi connectivity index (χ1v) is 11.4. The molecule has 0 unspecified atom stereocenters. The summed E-state index contributed by atoms with van der Waals surface area (Å²) in [5.41, 5.74) is 2.67. The van der Waals surface area contributed by atoms with Crippen molar-refractivity contribution in [2.45, 2.75) is 45.1 Å². The lowest BCUT2D eigenvalue weighted by Crippen LogP contribution is -2.43. The number of benzene rings is 2. The molecule has 5 nitrogen and oxygen atoms in total. The number of hydrogen-bond donors (Lipinski definition) is 0. The Hall–Kier alpha value is -2.18. The summed E-state index contributed by atoms with van der Waals surface area (Å²) in [6.45, 7) is 8.13. The van der Waals surface area contributed by atoms with Crippen molar-refractivity contribution < 1.29 is 13.2 Å². The maximum absolute atomic E-state index is 12.8. The van der Waals surface area contributed by atoms with Crippen molar-refractivity contribution in [3.63, 3.8) is 0 Å². The van der Waals surface area contributed by atoms with Crippen LogP contribution in [0.1, 0.15) is 48.2 Å². The molecule has 6 heteroatoms. The van der Waals surface area contributed by atoms with E-state index in [9.17, 15) is 13.2 Å². The lowest BCUT2D eigenvalue weighted by atomic mass is 9.84. The van der Waals surface area contributed by atoms with E-state index in [1.54, 1.807) is 43.4 Å². The van der Waals surface area contributed by atoms with Gasteiger partial charge in [0.15, 0.2) is 0 Å². The van der Waals surface area contributed by atoms with Crippen LogP contribution >= 0.6 is 0 Å². The zero-order chi connectivity index (χ0) is 21.2. The van der Waals surface area contributed by atoms with E-state index in [-0.39, 0.29) is 22.8 Å². The molecule has 1 amide bonds. The van der Waals surface area contributed by atoms with Crippen LogP contribution in [0.3, 0.4) is 0 Å². The second kappa shape index (κ2) is 8.28. The van der Waals surface area contributed by atoms with Crippen LogP contribution in [0, 0.1) is 12.3 Å². The van der Waals surface area contributed by atoms with Gasteiger partial charge in [-0.3, -0.25) is 4.79 Å². The molecule has 0 N–H and O–H groups in total. The Morgan fingerprint density at radius 3 is 2.28 bits per heavy atom. The van der Waals surface area contributed by atoms with Crippen LogP contribution in [-0.4, -0.2) is 43.7 Å². The molecule has 0 saturated carbocycles. The lowest BCUT2D eigenvalue weighted by Gasteiger charge is -2.38. The highest BCUT2D eigenvalue weighted by Crippen LogP contribution is 2.29. The molecule has 0 aromatic heterocycles. The highest BCUT2D eigenvalue weighted by molar-refractivity contribution is 7.89. The summed E-state index contributed by atoms with van der Waals surface area (Å²) in [6.07, 6.45) is 2.16. The third-order valence-corrected chi connectivity index (χ3v) is 7.34. The molecule has 0 bridgehead atoms. The van der Waals surface area contributed by atoms with Crippen LogP contribution in [-0.2, 0) is 16.6 Å². The first-order chi connectivity index (χ1) is 13.6. The Balaban J connectivity index is 1.68. The first-order valence-electron chi connectivity index (χ1n) is 10.00. The van der Waals surface area contributed by atoms with Crippen molar-refractivity contribution in [1.29, 1.82) is 0 Å². The van der Waals surface area contributed by atoms with Crippen molar-refractivity contribution in [3.05, 3.63) is 65.2 Å². The van der Waals surface area contributed by atoms with Gasteiger partial charge in [-0.25, -0.2) is 8.42 Å². The number of likely N-dealkylation sites (tertiary alicyclic amines) is 1. The number of aryl methyl sites for hydroxylation is 1. The minimum Gasteiger partial charge on any atom is -0.338 e. The van der Waals surface area contributed by atoms with Crippen LogP contribution < -0.4 is 0 Å². The van der Waals surface area contributed by atoms with Crippen molar-refractivity contribution >= 4 is 15.9 Å². The molecule has 1 aliphatic heterocycles. The monoisotopic (exact) mass is 414 g/mol. The predicted octanol–water partition coefficient (Wildman–Crippen LogP) is 4.08. The lowest BCUT2D eigenvalue weighted by molar-refractivity contribution is 0.0583. The van der Waals surface area contributed by atoms with Gasteiger partial charge in [-0.1, -0.05) is 43.7 Å². The maximum atomic E-state index is 12.8. The largest absolute Gasteiger partial charge is 0.338 e. The fraction of sp³-hybridized carbons (Fsp3) is 0.435. The minimum atomic E-state index is -3.55. The fourth-order valence-corrected chi connectivity index (χ4v) is 4.92. The van der Waals surface area contributed by atoms with Crippen molar-refractivity contribution in [2.24, 2.45) is 5.41 Å². The number of sulfonamides is 1. The highest BCUT2D eigenvalue weighted by atomic mass is 32.2. The molecule has 1 heterocycles. The molecular formula is C23H30N2O3S. The second-order valence-corrected chi connectivity index (χ2v) is 10.8. The molecule has 0 atom stereocenters. The Bertz CT molecular complexity index is 964. The zero-order valence-electron chi connectivity index (χ0n) is 17.7. The number of nitrogens with zero attached hydrogens (tertiary/aromatic N) is 2. The number of carbonyl (C=O) groups excluding carboxylic acids is 1. The topological polar surface area (TPSA) is 57.7 Å². The van der Waals surface area contributed by atoms with Crippen LogP contribution in [0.5, 0.6) is 0 Å². The van der Waals surface area contributed by atoms with Gasteiger partial charge in [0.05, 0.1) is 4.90 Å². The Labute approximate surface area is 174 Å². The van der Waals surface area contributed by atoms with E-state index < -0.39 is 10.0 Å². The van der Waals surface area contributed by atoms with Gasteiger partial charge < -0.3 is 4.90 Å². The van der Waals surface area contributed by atoms with E-state index in [0.717, 1.165) is 37.1 Å². The molecule has 29 heavy (non-hydrogen) atoms. The van der Waals surface area contributed by atoms with Gasteiger partial charge in [0.1, 0.15) is 0 Å². The van der Waals surface area contributed by atoms with E-state index >= 15 is 0 Å². The molecule has 0 spiro atoms. The van der Waals surface area contributed by atoms with E-state index in [0.29, 0.717) is 5.56 Å². The quantitative estimate of drug-likeness (QED) is 0.741. The Morgan fingerprint density at radius 1 is 1.07 bits per heavy atom. The zero-order valence-corrected chi connectivity index (χ0v) is 18.5. The number of rotatable bonds is 5. The van der Waals surface area contributed by atoms with Gasteiger partial charge in [0, 0.05) is 32.2 Å². The van der Waals surface area contributed by atoms with Gasteiger partial charge in [-0.05, 0) is 55.0 Å². The molecule has 1 saturated heterocycles. The first kappa shape index (κ1) is 21.5. The summed E-state index contributed by atoms with van der Waals surface area (Å²) in [4.78, 5) is 15.0. The number of hydrogen-bond acceptors (Lipinski definition) is 3. The molecule has 1 aliphatic rings. The highest BCUT2D eigenvalue weighted by Gasteiger charge is 2.29. The van der Waals surface area contributed by atoms with E-state index in [1.807, 2.05) is 24.0 Å². The summed E-state index contributed by atoms with van der Waals surface area (Å²) in [5, 5.41) is 0. The van der Waals surface area contributed by atoms with Crippen LogP contribution in [0.4, 0.5) is 0 Å².